The van der Waals surface area contributed by atoms with Gasteiger partial charge in [-0.1, -0.05) is 103 Å². The van der Waals surface area contributed by atoms with E-state index in [2.05, 4.69) is 33.4 Å². The quantitative estimate of drug-likeness (QED) is 0.0266. The van der Waals surface area contributed by atoms with Crippen LogP contribution in [-0.4, -0.2) is 64.9 Å². The van der Waals surface area contributed by atoms with E-state index < -0.39 is 57.6 Å². The fourth-order valence-electron chi connectivity index (χ4n) is 4.41. The lowest BCUT2D eigenvalue weighted by molar-refractivity contribution is -0.147. The van der Waals surface area contributed by atoms with Crippen molar-refractivity contribution in [1.82, 2.24) is 5.32 Å². The van der Waals surface area contributed by atoms with Gasteiger partial charge in [0, 0.05) is 12.8 Å². The number of phosphoric acid groups is 1. The van der Waals surface area contributed by atoms with E-state index in [1.807, 2.05) is 0 Å². The molecule has 11 nitrogen and oxygen atoms in total. The molecule has 0 aromatic rings. The Hall–Kier alpha value is -1.78. The fourth-order valence-corrected chi connectivity index (χ4v) is 5.18. The van der Waals surface area contributed by atoms with Gasteiger partial charge in [-0.05, 0) is 38.5 Å². The summed E-state index contributed by atoms with van der Waals surface area (Å²) >= 11 is 0. The summed E-state index contributed by atoms with van der Waals surface area (Å²) in [5.41, 5.74) is 0. The number of rotatable bonds is 31. The number of carbonyl (C=O) groups is 3. The lowest BCUT2D eigenvalue weighted by Gasteiger charge is -2.18. The van der Waals surface area contributed by atoms with E-state index in [9.17, 15) is 28.9 Å². The monoisotopic (exact) mass is 649 g/mol. The molecule has 0 radical (unpaired) electrons. The molecule has 0 aromatic heterocycles. The molecule has 0 rings (SSSR count). The second-order valence-corrected chi connectivity index (χ2v) is 12.8. The molecular formula is C32H60NO10P. The highest BCUT2D eigenvalue weighted by atomic mass is 31.2. The van der Waals surface area contributed by atoms with Gasteiger partial charge in [0.05, 0.1) is 13.2 Å². The standard InChI is InChI=1S/C32H60NO10P/c1-3-5-6-7-8-9-10-11-12-13-14-15-16-17-18-19-20-21-22-24-31(36)41-25-28(34)26-42-44(39,40)43-27-29(32(37)38)33-30(35)23-4-2/h11-12,28-29,34H,3-10,13-27H2,1-2H3,(H,33,35)(H,37,38)(H,39,40)/b12-11+. The SMILES string of the molecule is CCCCCCCC/C=C/CCCCCCCCCCCC(=O)OCC(O)COP(=O)(O)OCC(NC(=O)CCC)C(=O)O. The third kappa shape index (κ3) is 27.7. The Balaban J connectivity index is 3.73. The molecule has 1 amide bonds. The number of nitrogens with one attached hydrogen (secondary N) is 1. The predicted octanol–water partition coefficient (Wildman–Crippen LogP) is 6.99. The Bertz CT molecular complexity index is 823. The maximum absolute atomic E-state index is 12.0. The summed E-state index contributed by atoms with van der Waals surface area (Å²) in [5, 5.41) is 21.2. The predicted molar refractivity (Wildman–Crippen MR) is 171 cm³/mol. The van der Waals surface area contributed by atoms with Crippen molar-refractivity contribution < 1.29 is 47.8 Å². The van der Waals surface area contributed by atoms with E-state index in [0.717, 1.165) is 19.3 Å². The average Bonchev–Trinajstić information content (AvgIpc) is 2.98. The number of hydrogen-bond donors (Lipinski definition) is 4. The molecule has 12 heteroatoms. The van der Waals surface area contributed by atoms with Gasteiger partial charge in [0.1, 0.15) is 12.7 Å². The summed E-state index contributed by atoms with van der Waals surface area (Å²) in [6.45, 7) is 2.10. The first kappa shape index (κ1) is 42.2. The summed E-state index contributed by atoms with van der Waals surface area (Å²) < 4.78 is 26.2. The molecule has 0 saturated carbocycles. The van der Waals surface area contributed by atoms with Gasteiger partial charge < -0.3 is 25.2 Å². The number of allylic oxidation sites excluding steroid dienone is 2. The van der Waals surface area contributed by atoms with E-state index in [0.29, 0.717) is 12.8 Å². The van der Waals surface area contributed by atoms with Crippen LogP contribution in [0.4, 0.5) is 0 Å². The molecule has 0 aliphatic carbocycles. The van der Waals surface area contributed by atoms with Crippen molar-refractivity contribution in [2.45, 2.75) is 154 Å². The number of carboxylic acid groups (broad SMARTS) is 1. The molecule has 0 aliphatic heterocycles. The molecule has 44 heavy (non-hydrogen) atoms. The number of amides is 1. The highest BCUT2D eigenvalue weighted by molar-refractivity contribution is 7.47. The minimum absolute atomic E-state index is 0.0972. The number of hydrogen-bond acceptors (Lipinski definition) is 8. The van der Waals surface area contributed by atoms with Crippen molar-refractivity contribution in [2.24, 2.45) is 0 Å². The Kier molecular flexibility index (Phi) is 27.5. The Morgan fingerprint density at radius 1 is 0.705 bits per heavy atom. The van der Waals surface area contributed by atoms with Crippen molar-refractivity contribution in [3.8, 4) is 0 Å². The van der Waals surface area contributed by atoms with Gasteiger partial charge in [0.25, 0.3) is 0 Å². The normalized spacial score (nSPS) is 14.3. The largest absolute Gasteiger partial charge is 0.480 e. The van der Waals surface area contributed by atoms with Crippen LogP contribution in [0, 0.1) is 0 Å². The van der Waals surface area contributed by atoms with E-state index in [-0.39, 0.29) is 12.8 Å². The molecule has 4 N–H and O–H groups in total. The number of ether oxygens (including phenoxy) is 1. The van der Waals surface area contributed by atoms with Crippen molar-refractivity contribution in [2.75, 3.05) is 19.8 Å². The third-order valence-corrected chi connectivity index (χ3v) is 7.97. The molecule has 3 unspecified atom stereocenters. The molecule has 258 valence electrons. The molecule has 0 spiro atoms. The summed E-state index contributed by atoms with van der Waals surface area (Å²) in [5.74, 6) is -2.45. The lowest BCUT2D eigenvalue weighted by atomic mass is 10.1. The van der Waals surface area contributed by atoms with Crippen LogP contribution in [0.25, 0.3) is 0 Å². The van der Waals surface area contributed by atoms with Crippen molar-refractivity contribution >= 4 is 25.7 Å². The van der Waals surface area contributed by atoms with E-state index in [1.165, 1.54) is 83.5 Å². The minimum Gasteiger partial charge on any atom is -0.480 e. The van der Waals surface area contributed by atoms with Crippen LogP contribution in [0.2, 0.25) is 0 Å². The number of aliphatic hydroxyl groups is 1. The molecule has 0 fully saturated rings. The zero-order chi connectivity index (χ0) is 32.9. The lowest BCUT2D eigenvalue weighted by Crippen LogP contribution is -2.43. The average molecular weight is 650 g/mol. The van der Waals surface area contributed by atoms with Crippen molar-refractivity contribution in [1.29, 1.82) is 0 Å². The first-order chi connectivity index (χ1) is 21.1. The van der Waals surface area contributed by atoms with Gasteiger partial charge >= 0.3 is 19.8 Å². The fraction of sp³-hybridized carbons (Fsp3) is 0.844. The molecular weight excluding hydrogens is 589 g/mol. The number of carbonyl (C=O) groups excluding carboxylic acids is 2. The number of aliphatic hydroxyl groups excluding tert-OH is 1. The second-order valence-electron chi connectivity index (χ2n) is 11.4. The zero-order valence-corrected chi connectivity index (χ0v) is 28.1. The number of aliphatic carboxylic acids is 1. The smallest absolute Gasteiger partial charge is 0.472 e. The maximum Gasteiger partial charge on any atom is 0.472 e. The molecule has 3 atom stereocenters. The first-order valence-corrected chi connectivity index (χ1v) is 18.2. The molecule has 0 bridgehead atoms. The van der Waals surface area contributed by atoms with Crippen LogP contribution >= 0.6 is 7.82 Å². The van der Waals surface area contributed by atoms with Crippen LogP contribution < -0.4 is 5.32 Å². The zero-order valence-electron chi connectivity index (χ0n) is 27.2. The number of phosphoric ester groups is 1. The first-order valence-electron chi connectivity index (χ1n) is 16.7. The van der Waals surface area contributed by atoms with E-state index >= 15 is 0 Å². The van der Waals surface area contributed by atoms with Gasteiger partial charge in [0.2, 0.25) is 5.91 Å². The van der Waals surface area contributed by atoms with Crippen molar-refractivity contribution in [3.63, 3.8) is 0 Å². The minimum atomic E-state index is -4.71. The van der Waals surface area contributed by atoms with Crippen LogP contribution in [-0.2, 0) is 32.7 Å². The van der Waals surface area contributed by atoms with Crippen molar-refractivity contribution in [3.05, 3.63) is 12.2 Å². The number of unbranched alkanes of at least 4 members (excludes halogenated alkanes) is 15. The topological polar surface area (TPSA) is 169 Å². The van der Waals surface area contributed by atoms with Gasteiger partial charge in [-0.2, -0.15) is 0 Å². The van der Waals surface area contributed by atoms with Crippen LogP contribution in [0.1, 0.15) is 142 Å². The summed E-state index contributed by atoms with van der Waals surface area (Å²) in [6.07, 6.45) is 24.7. The van der Waals surface area contributed by atoms with Gasteiger partial charge in [-0.3, -0.25) is 18.6 Å². The summed E-state index contributed by atoms with van der Waals surface area (Å²) in [6, 6.07) is -1.54. The molecule has 0 aromatic carbocycles. The second kappa shape index (κ2) is 28.7. The maximum atomic E-state index is 12.0. The molecule has 0 saturated heterocycles. The highest BCUT2D eigenvalue weighted by Gasteiger charge is 2.28. The Morgan fingerprint density at radius 3 is 1.73 bits per heavy atom. The highest BCUT2D eigenvalue weighted by Crippen LogP contribution is 2.43. The molecule has 0 heterocycles. The van der Waals surface area contributed by atoms with Crippen LogP contribution in [0.5, 0.6) is 0 Å². The number of carboxylic acids is 1. The van der Waals surface area contributed by atoms with Crippen LogP contribution in [0.3, 0.4) is 0 Å². The summed E-state index contributed by atoms with van der Waals surface area (Å²) in [7, 11) is -4.71. The van der Waals surface area contributed by atoms with E-state index in [1.54, 1.807) is 6.92 Å². The van der Waals surface area contributed by atoms with Gasteiger partial charge in [-0.25, -0.2) is 9.36 Å². The van der Waals surface area contributed by atoms with Gasteiger partial charge in [0.15, 0.2) is 6.04 Å². The molecule has 0 aliphatic rings. The number of esters is 1. The van der Waals surface area contributed by atoms with Crippen LogP contribution in [0.15, 0.2) is 12.2 Å². The van der Waals surface area contributed by atoms with E-state index in [4.69, 9.17) is 9.84 Å². The Morgan fingerprint density at radius 2 is 1.20 bits per heavy atom. The summed E-state index contributed by atoms with van der Waals surface area (Å²) in [4.78, 5) is 44.4. The third-order valence-electron chi connectivity index (χ3n) is 7.02. The van der Waals surface area contributed by atoms with Gasteiger partial charge in [-0.15, -0.1) is 0 Å². The Labute approximate surface area is 265 Å².